The van der Waals surface area contributed by atoms with E-state index in [1.165, 1.54) is 0 Å². The van der Waals surface area contributed by atoms with Crippen LogP contribution in [-0.2, 0) is 4.74 Å². The summed E-state index contributed by atoms with van der Waals surface area (Å²) in [6.45, 7) is 4.34. The van der Waals surface area contributed by atoms with Crippen LogP contribution in [0.25, 0.3) is 0 Å². The van der Waals surface area contributed by atoms with Crippen LogP contribution in [0.2, 0.25) is 0 Å². The number of ether oxygens (including phenoxy) is 1. The molecule has 0 aromatic carbocycles. The van der Waals surface area contributed by atoms with Crippen molar-refractivity contribution in [2.75, 3.05) is 0 Å². The highest BCUT2D eigenvalue weighted by Crippen LogP contribution is 2.12. The van der Waals surface area contributed by atoms with E-state index in [1.54, 1.807) is 12.5 Å². The SMILES string of the molecule is CC(C)CC1=CNC=CO1. The normalized spacial score (nSPS) is 16.1. The number of rotatable bonds is 2. The topological polar surface area (TPSA) is 21.3 Å². The molecular formula is C8H13NO. The van der Waals surface area contributed by atoms with Crippen molar-refractivity contribution in [2.45, 2.75) is 20.3 Å². The summed E-state index contributed by atoms with van der Waals surface area (Å²) >= 11 is 0. The first-order valence-corrected chi connectivity index (χ1v) is 3.56. The molecule has 1 N–H and O–H groups in total. The van der Waals surface area contributed by atoms with Gasteiger partial charge in [-0.1, -0.05) is 13.8 Å². The van der Waals surface area contributed by atoms with Crippen molar-refractivity contribution in [1.29, 1.82) is 0 Å². The lowest BCUT2D eigenvalue weighted by Crippen LogP contribution is -2.04. The number of hydrogen-bond donors (Lipinski definition) is 1. The summed E-state index contributed by atoms with van der Waals surface area (Å²) in [5.74, 6) is 1.66. The van der Waals surface area contributed by atoms with E-state index in [-0.39, 0.29) is 0 Å². The lowest BCUT2D eigenvalue weighted by molar-refractivity contribution is 0.305. The molecule has 0 saturated carbocycles. The Kier molecular flexibility index (Phi) is 2.37. The lowest BCUT2D eigenvalue weighted by atomic mass is 10.1. The molecule has 1 aliphatic heterocycles. The van der Waals surface area contributed by atoms with Gasteiger partial charge in [-0.05, 0) is 5.92 Å². The first kappa shape index (κ1) is 7.19. The zero-order valence-electron chi connectivity index (χ0n) is 6.42. The summed E-state index contributed by atoms with van der Waals surface area (Å²) in [6.07, 6.45) is 6.32. The van der Waals surface area contributed by atoms with Gasteiger partial charge in [0.25, 0.3) is 0 Å². The number of hydrogen-bond acceptors (Lipinski definition) is 2. The zero-order valence-corrected chi connectivity index (χ0v) is 6.42. The van der Waals surface area contributed by atoms with Gasteiger partial charge in [0, 0.05) is 18.8 Å². The van der Waals surface area contributed by atoms with Crippen LogP contribution in [0.1, 0.15) is 20.3 Å². The fraction of sp³-hybridized carbons (Fsp3) is 0.500. The maximum Gasteiger partial charge on any atom is 0.119 e. The Bertz CT molecular complexity index is 159. The summed E-state index contributed by atoms with van der Waals surface area (Å²) < 4.78 is 5.21. The predicted octanol–water partition coefficient (Wildman–Crippen LogP) is 1.96. The molecule has 10 heavy (non-hydrogen) atoms. The van der Waals surface area contributed by atoms with Crippen LogP contribution >= 0.6 is 0 Å². The third-order valence-corrected chi connectivity index (χ3v) is 1.24. The minimum atomic E-state index is 0.652. The highest BCUT2D eigenvalue weighted by molar-refractivity contribution is 5.00. The molecule has 2 nitrogen and oxygen atoms in total. The van der Waals surface area contributed by atoms with Crippen molar-refractivity contribution in [3.05, 3.63) is 24.4 Å². The fourth-order valence-electron chi connectivity index (χ4n) is 0.845. The largest absolute Gasteiger partial charge is 0.466 e. The third-order valence-electron chi connectivity index (χ3n) is 1.24. The van der Waals surface area contributed by atoms with E-state index in [9.17, 15) is 0 Å². The van der Waals surface area contributed by atoms with E-state index in [0.29, 0.717) is 5.92 Å². The van der Waals surface area contributed by atoms with E-state index in [4.69, 9.17) is 4.74 Å². The smallest absolute Gasteiger partial charge is 0.119 e. The van der Waals surface area contributed by atoms with Gasteiger partial charge < -0.3 is 10.1 Å². The second-order valence-electron chi connectivity index (χ2n) is 2.80. The average Bonchev–Trinajstić information content (AvgIpc) is 1.88. The van der Waals surface area contributed by atoms with Gasteiger partial charge in [0.1, 0.15) is 12.0 Å². The van der Waals surface area contributed by atoms with Gasteiger partial charge in [-0.25, -0.2) is 0 Å². The van der Waals surface area contributed by atoms with Crippen molar-refractivity contribution in [1.82, 2.24) is 5.32 Å². The summed E-state index contributed by atoms with van der Waals surface area (Å²) in [5, 5.41) is 2.97. The van der Waals surface area contributed by atoms with Crippen LogP contribution in [0.4, 0.5) is 0 Å². The van der Waals surface area contributed by atoms with Gasteiger partial charge in [0.2, 0.25) is 0 Å². The van der Waals surface area contributed by atoms with Crippen LogP contribution in [0, 0.1) is 5.92 Å². The van der Waals surface area contributed by atoms with Crippen LogP contribution in [0.15, 0.2) is 24.4 Å². The summed E-state index contributed by atoms with van der Waals surface area (Å²) in [4.78, 5) is 0. The van der Waals surface area contributed by atoms with E-state index in [2.05, 4.69) is 19.2 Å². The highest BCUT2D eigenvalue weighted by Gasteiger charge is 2.02. The van der Waals surface area contributed by atoms with Gasteiger partial charge in [-0.2, -0.15) is 0 Å². The molecule has 1 heterocycles. The van der Waals surface area contributed by atoms with Crippen molar-refractivity contribution >= 4 is 0 Å². The maximum absolute atomic E-state index is 5.21. The molecule has 0 aliphatic carbocycles. The molecule has 0 radical (unpaired) electrons. The molecule has 0 aromatic rings. The first-order valence-electron chi connectivity index (χ1n) is 3.56. The summed E-state index contributed by atoms with van der Waals surface area (Å²) in [7, 11) is 0. The molecule has 0 spiro atoms. The predicted molar refractivity (Wildman–Crippen MR) is 40.9 cm³/mol. The van der Waals surface area contributed by atoms with Crippen LogP contribution in [0.5, 0.6) is 0 Å². The van der Waals surface area contributed by atoms with E-state index >= 15 is 0 Å². The van der Waals surface area contributed by atoms with Crippen LogP contribution < -0.4 is 5.32 Å². The molecule has 0 unspecified atom stereocenters. The Morgan fingerprint density at radius 1 is 1.60 bits per heavy atom. The molecular weight excluding hydrogens is 126 g/mol. The minimum absolute atomic E-state index is 0.652. The maximum atomic E-state index is 5.21. The Labute approximate surface area is 61.6 Å². The molecule has 2 heteroatoms. The molecule has 0 aromatic heterocycles. The Morgan fingerprint density at radius 3 is 2.90 bits per heavy atom. The third kappa shape index (κ3) is 2.13. The van der Waals surface area contributed by atoms with Gasteiger partial charge >= 0.3 is 0 Å². The van der Waals surface area contributed by atoms with Crippen molar-refractivity contribution in [3.63, 3.8) is 0 Å². The zero-order chi connectivity index (χ0) is 7.40. The summed E-state index contributed by atoms with van der Waals surface area (Å²) in [5.41, 5.74) is 0. The monoisotopic (exact) mass is 139 g/mol. The van der Waals surface area contributed by atoms with Crippen molar-refractivity contribution in [3.8, 4) is 0 Å². The molecule has 0 saturated heterocycles. The Balaban J connectivity index is 2.34. The van der Waals surface area contributed by atoms with Gasteiger partial charge in [-0.3, -0.25) is 0 Å². The number of allylic oxidation sites excluding steroid dienone is 1. The Hall–Kier alpha value is -0.920. The second-order valence-corrected chi connectivity index (χ2v) is 2.80. The quantitative estimate of drug-likeness (QED) is 0.631. The van der Waals surface area contributed by atoms with Gasteiger partial charge in [0.05, 0.1) is 0 Å². The molecule has 0 bridgehead atoms. The lowest BCUT2D eigenvalue weighted by Gasteiger charge is -2.11. The minimum Gasteiger partial charge on any atom is -0.466 e. The highest BCUT2D eigenvalue weighted by atomic mass is 16.5. The standard InChI is InChI=1S/C8H13NO/c1-7(2)5-8-6-9-3-4-10-8/h3-4,6-7,9H,5H2,1-2H3. The Morgan fingerprint density at radius 2 is 2.40 bits per heavy atom. The molecule has 0 amide bonds. The van der Waals surface area contributed by atoms with Gasteiger partial charge in [-0.15, -0.1) is 0 Å². The summed E-state index contributed by atoms with van der Waals surface area (Å²) in [6, 6.07) is 0. The van der Waals surface area contributed by atoms with E-state index in [0.717, 1.165) is 12.2 Å². The van der Waals surface area contributed by atoms with E-state index in [1.807, 2.05) is 6.20 Å². The molecule has 0 atom stereocenters. The van der Waals surface area contributed by atoms with Crippen LogP contribution in [-0.4, -0.2) is 0 Å². The molecule has 0 fully saturated rings. The van der Waals surface area contributed by atoms with Crippen molar-refractivity contribution in [2.24, 2.45) is 5.92 Å². The van der Waals surface area contributed by atoms with Gasteiger partial charge in [0.15, 0.2) is 0 Å². The molecule has 1 rings (SSSR count). The van der Waals surface area contributed by atoms with E-state index < -0.39 is 0 Å². The fourth-order valence-corrected chi connectivity index (χ4v) is 0.845. The average molecular weight is 139 g/mol. The second kappa shape index (κ2) is 3.30. The molecule has 1 aliphatic rings. The number of nitrogens with one attached hydrogen (secondary N) is 1. The molecule has 56 valence electrons. The van der Waals surface area contributed by atoms with Crippen LogP contribution in [0.3, 0.4) is 0 Å². The first-order chi connectivity index (χ1) is 4.79. The van der Waals surface area contributed by atoms with Crippen molar-refractivity contribution < 1.29 is 4.74 Å².